The molecule has 32 heavy (non-hydrogen) atoms. The van der Waals surface area contributed by atoms with E-state index in [1.54, 1.807) is 0 Å². The summed E-state index contributed by atoms with van der Waals surface area (Å²) in [6, 6.07) is 12.7. The van der Waals surface area contributed by atoms with E-state index < -0.39 is 0 Å². The van der Waals surface area contributed by atoms with Gasteiger partial charge in [-0.1, -0.05) is 6.07 Å². The molecule has 2 heterocycles. The molecule has 4 heteroatoms. The predicted molar refractivity (Wildman–Crippen MR) is 127 cm³/mol. The first-order chi connectivity index (χ1) is 15.5. The van der Waals surface area contributed by atoms with Gasteiger partial charge in [-0.3, -0.25) is 0 Å². The van der Waals surface area contributed by atoms with Crippen LogP contribution in [0.1, 0.15) is 55.2 Å². The Bertz CT molecular complexity index is 1380. The Labute approximate surface area is 187 Å². The van der Waals surface area contributed by atoms with E-state index in [-0.39, 0.29) is 5.63 Å². The lowest BCUT2D eigenvalue weighted by Crippen LogP contribution is -2.48. The van der Waals surface area contributed by atoms with Crippen LogP contribution in [-0.4, -0.2) is 9.97 Å². The maximum absolute atomic E-state index is 12.8. The van der Waals surface area contributed by atoms with E-state index >= 15 is 0 Å². The second kappa shape index (κ2) is 6.34. The molecule has 162 valence electrons. The van der Waals surface area contributed by atoms with Crippen molar-refractivity contribution in [3.05, 3.63) is 63.5 Å². The summed E-state index contributed by atoms with van der Waals surface area (Å²) in [5.74, 6) is 3.30. The lowest BCUT2D eigenvalue weighted by molar-refractivity contribution is -0.00513. The molecule has 0 saturated heterocycles. The highest BCUT2D eigenvalue weighted by Gasteiger charge is 2.51. The van der Waals surface area contributed by atoms with E-state index in [4.69, 9.17) is 9.40 Å². The first kappa shape index (κ1) is 18.7. The van der Waals surface area contributed by atoms with E-state index in [1.807, 2.05) is 12.1 Å². The molecule has 4 aromatic rings. The summed E-state index contributed by atoms with van der Waals surface area (Å²) in [5.41, 5.74) is 6.83. The first-order valence-corrected chi connectivity index (χ1v) is 12.0. The van der Waals surface area contributed by atoms with Crippen molar-refractivity contribution in [2.75, 3.05) is 0 Å². The minimum atomic E-state index is -0.340. The van der Waals surface area contributed by atoms with E-state index in [0.29, 0.717) is 22.4 Å². The smallest absolute Gasteiger partial charge is 0.347 e. The van der Waals surface area contributed by atoms with Gasteiger partial charge in [-0.15, -0.1) is 0 Å². The van der Waals surface area contributed by atoms with Crippen LogP contribution in [0.4, 0.5) is 0 Å². The summed E-state index contributed by atoms with van der Waals surface area (Å²) in [6.07, 6.45) is 8.31. The third-order valence-electron chi connectivity index (χ3n) is 8.74. The molecule has 0 aliphatic heterocycles. The van der Waals surface area contributed by atoms with Crippen molar-refractivity contribution in [3.8, 4) is 11.4 Å². The molecule has 4 aliphatic rings. The number of nitrogens with zero attached hydrogens (tertiary/aromatic N) is 1. The number of rotatable bonds is 2. The van der Waals surface area contributed by atoms with Gasteiger partial charge in [0.1, 0.15) is 17.0 Å². The Morgan fingerprint density at radius 3 is 2.34 bits per heavy atom. The molecule has 8 rings (SSSR count). The highest BCUT2D eigenvalue weighted by Crippen LogP contribution is 2.60. The summed E-state index contributed by atoms with van der Waals surface area (Å²) < 4.78 is 5.75. The quantitative estimate of drug-likeness (QED) is 0.378. The molecule has 0 spiro atoms. The van der Waals surface area contributed by atoms with Gasteiger partial charge in [-0.2, -0.15) is 0 Å². The van der Waals surface area contributed by atoms with Gasteiger partial charge in [0.2, 0.25) is 0 Å². The van der Waals surface area contributed by atoms with Crippen molar-refractivity contribution in [1.82, 2.24) is 9.97 Å². The van der Waals surface area contributed by atoms with Gasteiger partial charge in [0.15, 0.2) is 0 Å². The second-order valence-electron chi connectivity index (χ2n) is 10.9. The fraction of sp³-hybridized carbons (Fsp3) is 0.429. The summed E-state index contributed by atoms with van der Waals surface area (Å²) in [7, 11) is 0. The molecular formula is C28H28N2O2. The molecule has 4 fully saturated rings. The Hall–Kier alpha value is -2.88. The number of hydrogen-bond donors (Lipinski definition) is 1. The van der Waals surface area contributed by atoms with Crippen LogP contribution in [0.25, 0.3) is 33.4 Å². The highest BCUT2D eigenvalue weighted by molar-refractivity contribution is 5.85. The fourth-order valence-electron chi connectivity index (χ4n) is 7.48. The van der Waals surface area contributed by atoms with Gasteiger partial charge < -0.3 is 9.40 Å². The third-order valence-corrected chi connectivity index (χ3v) is 8.74. The van der Waals surface area contributed by atoms with Crippen LogP contribution in [0.2, 0.25) is 0 Å². The zero-order chi connectivity index (χ0) is 21.6. The molecule has 2 aromatic heterocycles. The Kier molecular flexibility index (Phi) is 3.70. The van der Waals surface area contributed by atoms with Crippen molar-refractivity contribution < 1.29 is 4.42 Å². The lowest BCUT2D eigenvalue weighted by atomic mass is 9.48. The average molecular weight is 425 g/mol. The molecule has 4 aliphatic carbocycles. The summed E-state index contributed by atoms with van der Waals surface area (Å²) in [6.45, 7) is 4.17. The molecule has 0 radical (unpaired) electrons. The van der Waals surface area contributed by atoms with Crippen LogP contribution in [-0.2, 0) is 5.41 Å². The Morgan fingerprint density at radius 1 is 0.938 bits per heavy atom. The minimum absolute atomic E-state index is 0.327. The zero-order valence-corrected chi connectivity index (χ0v) is 18.7. The molecule has 4 nitrogen and oxygen atoms in total. The van der Waals surface area contributed by atoms with Gasteiger partial charge in [0.05, 0.1) is 11.0 Å². The Morgan fingerprint density at radius 2 is 1.62 bits per heavy atom. The van der Waals surface area contributed by atoms with Crippen LogP contribution in [0, 0.1) is 31.6 Å². The predicted octanol–water partition coefficient (Wildman–Crippen LogP) is 6.42. The normalized spacial score (nSPS) is 28.8. The van der Waals surface area contributed by atoms with E-state index in [9.17, 15) is 4.79 Å². The van der Waals surface area contributed by atoms with E-state index in [2.05, 4.69) is 43.1 Å². The number of hydrogen-bond acceptors (Lipinski definition) is 3. The summed E-state index contributed by atoms with van der Waals surface area (Å²) in [4.78, 5) is 20.9. The maximum atomic E-state index is 12.8. The van der Waals surface area contributed by atoms with Gasteiger partial charge in [-0.25, -0.2) is 9.78 Å². The molecule has 4 saturated carbocycles. The molecule has 0 amide bonds. The molecular weight excluding hydrogens is 396 g/mol. The zero-order valence-electron chi connectivity index (χ0n) is 18.7. The fourth-order valence-corrected chi connectivity index (χ4v) is 7.48. The number of fused-ring (bicyclic) bond motifs is 2. The molecule has 4 bridgehead atoms. The van der Waals surface area contributed by atoms with Crippen LogP contribution in [0.15, 0.2) is 45.6 Å². The van der Waals surface area contributed by atoms with Crippen molar-refractivity contribution >= 4 is 22.0 Å². The SMILES string of the molecule is Cc1cc2nc(-c3cc4cc(C56CC7CC(CC(C7)C5)C6)ccc4oc3=O)[nH]c2cc1C. The number of aryl methyl sites for hydroxylation is 2. The van der Waals surface area contributed by atoms with Gasteiger partial charge in [-0.05, 0) is 123 Å². The second-order valence-corrected chi connectivity index (χ2v) is 10.9. The first-order valence-electron chi connectivity index (χ1n) is 12.0. The monoisotopic (exact) mass is 424 g/mol. The minimum Gasteiger partial charge on any atom is -0.422 e. The molecule has 2 aromatic carbocycles. The van der Waals surface area contributed by atoms with E-state index in [0.717, 1.165) is 34.2 Å². The van der Waals surface area contributed by atoms with Crippen LogP contribution in [0.3, 0.4) is 0 Å². The number of benzene rings is 2. The van der Waals surface area contributed by atoms with Crippen LogP contribution < -0.4 is 5.63 Å². The number of H-pyrrole nitrogens is 1. The summed E-state index contributed by atoms with van der Waals surface area (Å²) in [5, 5.41) is 1.00. The number of nitrogens with one attached hydrogen (secondary N) is 1. The van der Waals surface area contributed by atoms with Crippen molar-refractivity contribution in [3.63, 3.8) is 0 Å². The lowest BCUT2D eigenvalue weighted by Gasteiger charge is -2.57. The Balaban J connectivity index is 1.35. The maximum Gasteiger partial charge on any atom is 0.347 e. The third kappa shape index (κ3) is 2.68. The van der Waals surface area contributed by atoms with Crippen molar-refractivity contribution in [1.29, 1.82) is 0 Å². The van der Waals surface area contributed by atoms with Crippen LogP contribution in [0.5, 0.6) is 0 Å². The highest BCUT2D eigenvalue weighted by atomic mass is 16.4. The van der Waals surface area contributed by atoms with Crippen molar-refractivity contribution in [2.24, 2.45) is 17.8 Å². The van der Waals surface area contributed by atoms with Gasteiger partial charge >= 0.3 is 5.63 Å². The van der Waals surface area contributed by atoms with Crippen LogP contribution >= 0.6 is 0 Å². The topological polar surface area (TPSA) is 58.9 Å². The molecule has 1 N–H and O–H groups in total. The molecule has 0 atom stereocenters. The number of aromatic amines is 1. The molecule has 0 unspecified atom stereocenters. The largest absolute Gasteiger partial charge is 0.422 e. The standard InChI is InChI=1S/C28H28N2O2/c1-15-5-23-24(6-16(15)2)30-26(29-23)22-11-20-10-21(3-4-25(20)32-27(22)31)28-12-17-7-18(13-28)9-19(8-17)14-28/h3-6,10-11,17-19H,7-9,12-14H2,1-2H3,(H,29,30). The van der Waals surface area contributed by atoms with E-state index in [1.165, 1.54) is 55.2 Å². The summed E-state index contributed by atoms with van der Waals surface area (Å²) >= 11 is 0. The number of aromatic nitrogens is 2. The average Bonchev–Trinajstić information content (AvgIpc) is 3.14. The number of imidazole rings is 1. The van der Waals surface area contributed by atoms with Gasteiger partial charge in [0.25, 0.3) is 0 Å². The van der Waals surface area contributed by atoms with Gasteiger partial charge in [0, 0.05) is 5.39 Å². The van der Waals surface area contributed by atoms with Crippen molar-refractivity contribution in [2.45, 2.75) is 57.8 Å².